The lowest BCUT2D eigenvalue weighted by atomic mass is 9.87. The normalized spacial score (nSPS) is 13.0. The second-order valence-electron chi connectivity index (χ2n) is 4.94. The van der Waals surface area contributed by atoms with Crippen molar-refractivity contribution in [3.05, 3.63) is 33.8 Å². The molecular formula is C15H23Cl2N. The highest BCUT2D eigenvalue weighted by Crippen LogP contribution is 2.25. The van der Waals surface area contributed by atoms with E-state index in [9.17, 15) is 0 Å². The second kappa shape index (κ2) is 8.04. The zero-order chi connectivity index (χ0) is 13.5. The highest BCUT2D eigenvalue weighted by Gasteiger charge is 2.17. The third-order valence-electron chi connectivity index (χ3n) is 3.39. The highest BCUT2D eigenvalue weighted by atomic mass is 35.5. The fourth-order valence-corrected chi connectivity index (χ4v) is 2.82. The van der Waals surface area contributed by atoms with Crippen molar-refractivity contribution >= 4 is 23.2 Å². The van der Waals surface area contributed by atoms with E-state index in [4.69, 9.17) is 28.9 Å². The fraction of sp³-hybridized carbons (Fsp3) is 0.600. The average molecular weight is 288 g/mol. The maximum Gasteiger partial charge on any atom is 0.0439 e. The molecule has 0 aliphatic heterocycles. The largest absolute Gasteiger partial charge is 0.327 e. The van der Waals surface area contributed by atoms with Gasteiger partial charge in [0.05, 0.1) is 0 Å². The van der Waals surface area contributed by atoms with Crippen LogP contribution in [-0.4, -0.2) is 6.04 Å². The fourth-order valence-electron chi connectivity index (χ4n) is 2.43. The Kier molecular flexibility index (Phi) is 7.06. The van der Waals surface area contributed by atoms with Crippen LogP contribution in [0.15, 0.2) is 18.2 Å². The topological polar surface area (TPSA) is 26.0 Å². The minimum atomic E-state index is 0.167. The van der Waals surface area contributed by atoms with Gasteiger partial charge in [0.25, 0.3) is 0 Å². The van der Waals surface area contributed by atoms with Crippen LogP contribution < -0.4 is 5.73 Å². The third-order valence-corrected chi connectivity index (χ3v) is 3.99. The van der Waals surface area contributed by atoms with Gasteiger partial charge in [-0.15, -0.1) is 0 Å². The Morgan fingerprint density at radius 3 is 2.28 bits per heavy atom. The first-order chi connectivity index (χ1) is 8.58. The van der Waals surface area contributed by atoms with Crippen molar-refractivity contribution in [1.82, 2.24) is 0 Å². The number of benzene rings is 1. The highest BCUT2D eigenvalue weighted by molar-refractivity contribution is 6.33. The molecule has 0 spiro atoms. The Bertz CT molecular complexity index is 360. The monoisotopic (exact) mass is 287 g/mol. The predicted molar refractivity (Wildman–Crippen MR) is 81.4 cm³/mol. The standard InChI is InChI=1S/C15H23Cl2N/c1-3-5-11(6-4-2)15(18)10-12-9-13(16)7-8-14(12)17/h7-9,11,15H,3-6,10,18H2,1-2H3. The van der Waals surface area contributed by atoms with Crippen LogP contribution in [-0.2, 0) is 6.42 Å². The summed E-state index contributed by atoms with van der Waals surface area (Å²) in [5.41, 5.74) is 7.40. The summed E-state index contributed by atoms with van der Waals surface area (Å²) in [5, 5.41) is 1.49. The van der Waals surface area contributed by atoms with Crippen molar-refractivity contribution in [2.45, 2.75) is 52.0 Å². The number of nitrogens with two attached hydrogens (primary N) is 1. The molecule has 0 fully saturated rings. The molecule has 1 aromatic carbocycles. The molecule has 0 aliphatic carbocycles. The molecule has 0 radical (unpaired) electrons. The third kappa shape index (κ3) is 4.79. The summed E-state index contributed by atoms with van der Waals surface area (Å²) in [6.45, 7) is 4.42. The zero-order valence-electron chi connectivity index (χ0n) is 11.3. The van der Waals surface area contributed by atoms with Crippen molar-refractivity contribution in [3.63, 3.8) is 0 Å². The van der Waals surface area contributed by atoms with E-state index in [0.717, 1.165) is 22.0 Å². The number of halogens is 2. The summed E-state index contributed by atoms with van der Waals surface area (Å²) in [4.78, 5) is 0. The Labute approximate surface area is 121 Å². The van der Waals surface area contributed by atoms with Gasteiger partial charge < -0.3 is 5.73 Å². The van der Waals surface area contributed by atoms with Gasteiger partial charge in [0.1, 0.15) is 0 Å². The van der Waals surface area contributed by atoms with Gasteiger partial charge in [-0.3, -0.25) is 0 Å². The molecule has 0 aromatic heterocycles. The summed E-state index contributed by atoms with van der Waals surface area (Å²) in [7, 11) is 0. The van der Waals surface area contributed by atoms with Gasteiger partial charge in [-0.2, -0.15) is 0 Å². The molecule has 0 saturated carbocycles. The molecule has 1 unspecified atom stereocenters. The second-order valence-corrected chi connectivity index (χ2v) is 5.78. The first kappa shape index (κ1) is 15.8. The van der Waals surface area contributed by atoms with Crippen molar-refractivity contribution in [1.29, 1.82) is 0 Å². The van der Waals surface area contributed by atoms with E-state index in [-0.39, 0.29) is 6.04 Å². The van der Waals surface area contributed by atoms with Crippen LogP contribution in [0.1, 0.15) is 45.1 Å². The molecule has 0 heterocycles. The van der Waals surface area contributed by atoms with Gasteiger partial charge in [0.2, 0.25) is 0 Å². The molecule has 0 bridgehead atoms. The number of hydrogen-bond donors (Lipinski definition) is 1. The van der Waals surface area contributed by atoms with E-state index in [1.807, 2.05) is 18.2 Å². The van der Waals surface area contributed by atoms with Crippen molar-refractivity contribution < 1.29 is 0 Å². The Balaban J connectivity index is 2.71. The van der Waals surface area contributed by atoms with Crippen LogP contribution in [0.5, 0.6) is 0 Å². The summed E-state index contributed by atoms with van der Waals surface area (Å²) in [6, 6.07) is 5.76. The van der Waals surface area contributed by atoms with Crippen LogP contribution in [0, 0.1) is 5.92 Å². The van der Waals surface area contributed by atoms with E-state index in [1.165, 1.54) is 25.7 Å². The molecule has 18 heavy (non-hydrogen) atoms. The molecule has 1 aromatic rings. The number of rotatable bonds is 7. The maximum atomic E-state index is 6.34. The first-order valence-corrected chi connectivity index (χ1v) is 7.53. The molecule has 1 rings (SSSR count). The van der Waals surface area contributed by atoms with Gasteiger partial charge in [-0.25, -0.2) is 0 Å². The quantitative estimate of drug-likeness (QED) is 0.744. The maximum absolute atomic E-state index is 6.34. The van der Waals surface area contributed by atoms with E-state index < -0.39 is 0 Å². The van der Waals surface area contributed by atoms with E-state index in [2.05, 4.69) is 13.8 Å². The summed E-state index contributed by atoms with van der Waals surface area (Å²) in [6.07, 6.45) is 5.55. The van der Waals surface area contributed by atoms with Crippen molar-refractivity contribution in [3.8, 4) is 0 Å². The predicted octanol–water partition coefficient (Wildman–Crippen LogP) is 5.08. The SMILES string of the molecule is CCCC(CCC)C(N)Cc1cc(Cl)ccc1Cl. The van der Waals surface area contributed by atoms with Crippen LogP contribution in [0.2, 0.25) is 10.0 Å². The molecule has 0 amide bonds. The summed E-state index contributed by atoms with van der Waals surface area (Å²) in [5.74, 6) is 0.579. The van der Waals surface area contributed by atoms with E-state index >= 15 is 0 Å². The van der Waals surface area contributed by atoms with Crippen LogP contribution in [0.25, 0.3) is 0 Å². The lowest BCUT2D eigenvalue weighted by Gasteiger charge is -2.23. The van der Waals surface area contributed by atoms with E-state index in [1.54, 1.807) is 0 Å². The Morgan fingerprint density at radius 2 is 1.72 bits per heavy atom. The Hall–Kier alpha value is -0.240. The molecule has 1 atom stereocenters. The zero-order valence-corrected chi connectivity index (χ0v) is 12.8. The van der Waals surface area contributed by atoms with Gasteiger partial charge in [0, 0.05) is 16.1 Å². The van der Waals surface area contributed by atoms with Gasteiger partial charge >= 0.3 is 0 Å². The molecule has 2 N–H and O–H groups in total. The summed E-state index contributed by atoms with van der Waals surface area (Å²) >= 11 is 12.2. The van der Waals surface area contributed by atoms with Gasteiger partial charge in [-0.1, -0.05) is 49.9 Å². The van der Waals surface area contributed by atoms with Gasteiger partial charge in [-0.05, 0) is 48.9 Å². The molecular weight excluding hydrogens is 265 g/mol. The first-order valence-electron chi connectivity index (χ1n) is 6.78. The molecule has 1 nitrogen and oxygen atoms in total. The molecule has 0 saturated heterocycles. The van der Waals surface area contributed by atoms with Crippen LogP contribution in [0.3, 0.4) is 0 Å². The number of hydrogen-bond acceptors (Lipinski definition) is 1. The van der Waals surface area contributed by atoms with Crippen molar-refractivity contribution in [2.24, 2.45) is 11.7 Å². The minimum absolute atomic E-state index is 0.167. The lowest BCUT2D eigenvalue weighted by molar-refractivity contribution is 0.360. The molecule has 102 valence electrons. The Morgan fingerprint density at radius 1 is 1.11 bits per heavy atom. The van der Waals surface area contributed by atoms with E-state index in [0.29, 0.717) is 5.92 Å². The lowest BCUT2D eigenvalue weighted by Crippen LogP contribution is -2.32. The van der Waals surface area contributed by atoms with Crippen LogP contribution in [0.4, 0.5) is 0 Å². The molecule has 0 aliphatic rings. The summed E-state index contributed by atoms with van der Waals surface area (Å²) < 4.78 is 0. The minimum Gasteiger partial charge on any atom is -0.327 e. The van der Waals surface area contributed by atoms with Crippen LogP contribution >= 0.6 is 23.2 Å². The smallest absolute Gasteiger partial charge is 0.0439 e. The average Bonchev–Trinajstić information content (AvgIpc) is 2.33. The van der Waals surface area contributed by atoms with Gasteiger partial charge in [0.15, 0.2) is 0 Å². The van der Waals surface area contributed by atoms with Crippen molar-refractivity contribution in [2.75, 3.05) is 0 Å². The molecule has 3 heteroatoms.